The summed E-state index contributed by atoms with van der Waals surface area (Å²) in [5.41, 5.74) is 0.957. The van der Waals surface area contributed by atoms with E-state index in [1.807, 2.05) is 13.8 Å². The molecule has 0 aliphatic rings. The summed E-state index contributed by atoms with van der Waals surface area (Å²) >= 11 is 0. The highest BCUT2D eigenvalue weighted by Gasteiger charge is 2.26. The lowest BCUT2D eigenvalue weighted by molar-refractivity contribution is -0.140. The third kappa shape index (κ3) is 6.15. The highest BCUT2D eigenvalue weighted by Crippen LogP contribution is 2.15. The average molecular weight is 388 g/mol. The molecule has 0 fully saturated rings. The van der Waals surface area contributed by atoms with Crippen LogP contribution in [-0.4, -0.2) is 29.3 Å². The molecule has 6 heteroatoms. The van der Waals surface area contributed by atoms with Crippen molar-refractivity contribution in [3.05, 3.63) is 71.3 Å². The number of hydrogen-bond acceptors (Lipinski definition) is 2. The Balaban J connectivity index is 2.21. The molecule has 28 heavy (non-hydrogen) atoms. The summed E-state index contributed by atoms with van der Waals surface area (Å²) in [5, 5.41) is 2.82. The number of benzene rings is 2. The highest BCUT2D eigenvalue weighted by molar-refractivity contribution is 5.88. The number of rotatable bonds is 8. The Labute approximate surface area is 164 Å². The van der Waals surface area contributed by atoms with E-state index in [1.165, 1.54) is 23.1 Å². The molecule has 2 rings (SSSR count). The van der Waals surface area contributed by atoms with Gasteiger partial charge in [0, 0.05) is 13.1 Å². The largest absolute Gasteiger partial charge is 0.354 e. The van der Waals surface area contributed by atoms with Gasteiger partial charge < -0.3 is 10.2 Å². The van der Waals surface area contributed by atoms with Crippen molar-refractivity contribution in [3.63, 3.8) is 0 Å². The van der Waals surface area contributed by atoms with Gasteiger partial charge in [-0.05, 0) is 42.2 Å². The first-order chi connectivity index (χ1) is 13.3. The molecule has 2 aromatic carbocycles. The lowest BCUT2D eigenvalue weighted by Gasteiger charge is -2.29. The molecule has 0 radical (unpaired) electrons. The van der Waals surface area contributed by atoms with Crippen LogP contribution in [0.2, 0.25) is 0 Å². The van der Waals surface area contributed by atoms with Crippen LogP contribution in [0, 0.1) is 17.6 Å². The van der Waals surface area contributed by atoms with Gasteiger partial charge in [0.2, 0.25) is 11.8 Å². The fourth-order valence-electron chi connectivity index (χ4n) is 2.73. The van der Waals surface area contributed by atoms with Crippen molar-refractivity contribution in [3.8, 4) is 0 Å². The summed E-state index contributed by atoms with van der Waals surface area (Å²) in [4.78, 5) is 26.8. The molecule has 0 heterocycles. The molecule has 150 valence electrons. The molecule has 0 bridgehead atoms. The van der Waals surface area contributed by atoms with Crippen LogP contribution >= 0.6 is 0 Å². The Kier molecular flexibility index (Phi) is 7.67. The smallest absolute Gasteiger partial charge is 0.242 e. The van der Waals surface area contributed by atoms with Crippen molar-refractivity contribution in [2.75, 3.05) is 6.54 Å². The summed E-state index contributed by atoms with van der Waals surface area (Å²) in [7, 11) is 0. The molecule has 0 saturated heterocycles. The van der Waals surface area contributed by atoms with Gasteiger partial charge in [0.05, 0.1) is 6.42 Å². The van der Waals surface area contributed by atoms with E-state index >= 15 is 0 Å². The van der Waals surface area contributed by atoms with Crippen molar-refractivity contribution < 1.29 is 18.4 Å². The second-order valence-electron chi connectivity index (χ2n) is 7.23. The van der Waals surface area contributed by atoms with Gasteiger partial charge in [0.15, 0.2) is 0 Å². The van der Waals surface area contributed by atoms with E-state index in [2.05, 4.69) is 5.32 Å². The number of hydrogen-bond donors (Lipinski definition) is 1. The molecular formula is C22H26F2N2O2. The fraction of sp³-hybridized carbons (Fsp3) is 0.364. The topological polar surface area (TPSA) is 49.4 Å². The number of amides is 2. The second-order valence-corrected chi connectivity index (χ2v) is 7.23. The maximum Gasteiger partial charge on any atom is 0.242 e. The van der Waals surface area contributed by atoms with Gasteiger partial charge in [-0.15, -0.1) is 0 Å². The van der Waals surface area contributed by atoms with Crippen molar-refractivity contribution in [1.29, 1.82) is 0 Å². The van der Waals surface area contributed by atoms with Crippen molar-refractivity contribution in [2.24, 2.45) is 5.92 Å². The standard InChI is InChI=1S/C22H26F2N2O2/c1-15(2)13-25-22(28)16(3)26(14-17-8-10-19(23)11-9-17)21(27)12-18-6-4-5-7-20(18)24/h4-11,15-16H,12-14H2,1-3H3,(H,25,28). The van der Waals surface area contributed by atoms with Gasteiger partial charge in [0.1, 0.15) is 17.7 Å². The van der Waals surface area contributed by atoms with Crippen molar-refractivity contribution >= 4 is 11.8 Å². The molecule has 1 atom stereocenters. The monoisotopic (exact) mass is 388 g/mol. The van der Waals surface area contributed by atoms with Gasteiger partial charge in [0.25, 0.3) is 0 Å². The number of halogens is 2. The molecule has 0 aliphatic carbocycles. The van der Waals surface area contributed by atoms with Crippen LogP contribution in [0.25, 0.3) is 0 Å². The third-order valence-electron chi connectivity index (χ3n) is 4.42. The van der Waals surface area contributed by atoms with Gasteiger partial charge in [-0.25, -0.2) is 8.78 Å². The van der Waals surface area contributed by atoms with E-state index in [0.717, 1.165) is 0 Å². The van der Waals surface area contributed by atoms with Crippen LogP contribution < -0.4 is 5.32 Å². The molecule has 0 saturated carbocycles. The Bertz CT molecular complexity index is 806. The van der Waals surface area contributed by atoms with Gasteiger partial charge in [-0.2, -0.15) is 0 Å². The predicted molar refractivity (Wildman–Crippen MR) is 104 cm³/mol. The van der Waals surface area contributed by atoms with E-state index in [4.69, 9.17) is 0 Å². The summed E-state index contributed by atoms with van der Waals surface area (Å²) < 4.78 is 27.2. The SMILES string of the molecule is CC(C)CNC(=O)C(C)N(Cc1ccc(F)cc1)C(=O)Cc1ccccc1F. The molecule has 1 unspecified atom stereocenters. The average Bonchev–Trinajstić information content (AvgIpc) is 2.66. The number of nitrogens with zero attached hydrogens (tertiary/aromatic N) is 1. The van der Waals surface area contributed by atoms with Gasteiger partial charge in [-0.1, -0.05) is 44.2 Å². The normalized spacial score (nSPS) is 11.9. The minimum atomic E-state index is -0.747. The lowest BCUT2D eigenvalue weighted by Crippen LogP contribution is -2.48. The second kappa shape index (κ2) is 9.97. The molecule has 4 nitrogen and oxygen atoms in total. The minimum absolute atomic E-state index is 0.129. The molecular weight excluding hydrogens is 362 g/mol. The number of carbonyl (C=O) groups is 2. The summed E-state index contributed by atoms with van der Waals surface area (Å²) in [5.74, 6) is -1.22. The van der Waals surface area contributed by atoms with E-state index < -0.39 is 11.9 Å². The van der Waals surface area contributed by atoms with Crippen molar-refractivity contribution in [2.45, 2.75) is 39.8 Å². The summed E-state index contributed by atoms with van der Waals surface area (Å²) in [6.45, 7) is 6.21. The molecule has 0 spiro atoms. The zero-order chi connectivity index (χ0) is 20.7. The zero-order valence-electron chi connectivity index (χ0n) is 16.4. The molecule has 0 aromatic heterocycles. The van der Waals surface area contributed by atoms with E-state index in [1.54, 1.807) is 37.3 Å². The van der Waals surface area contributed by atoms with Gasteiger partial charge >= 0.3 is 0 Å². The highest BCUT2D eigenvalue weighted by atomic mass is 19.1. The number of carbonyl (C=O) groups excluding carboxylic acids is 2. The molecule has 1 N–H and O–H groups in total. The zero-order valence-corrected chi connectivity index (χ0v) is 16.4. The Morgan fingerprint density at radius 3 is 2.25 bits per heavy atom. The van der Waals surface area contributed by atoms with Crippen molar-refractivity contribution in [1.82, 2.24) is 10.2 Å². The minimum Gasteiger partial charge on any atom is -0.354 e. The predicted octanol–water partition coefficient (Wildman–Crippen LogP) is 3.70. The first-order valence-electron chi connectivity index (χ1n) is 9.33. The van der Waals surface area contributed by atoms with Crippen LogP contribution in [0.5, 0.6) is 0 Å². The quantitative estimate of drug-likeness (QED) is 0.750. The summed E-state index contributed by atoms with van der Waals surface area (Å²) in [6.07, 6.45) is -0.157. The Morgan fingerprint density at radius 1 is 1.00 bits per heavy atom. The maximum absolute atomic E-state index is 14.0. The molecule has 2 aromatic rings. The van der Waals surface area contributed by atoms with Crippen LogP contribution in [0.3, 0.4) is 0 Å². The molecule has 2 amide bonds. The van der Waals surface area contributed by atoms with Crippen LogP contribution in [-0.2, 0) is 22.6 Å². The van der Waals surface area contributed by atoms with Crippen LogP contribution in [0.1, 0.15) is 31.9 Å². The lowest BCUT2D eigenvalue weighted by atomic mass is 10.1. The third-order valence-corrected chi connectivity index (χ3v) is 4.42. The van der Waals surface area contributed by atoms with Crippen LogP contribution in [0.15, 0.2) is 48.5 Å². The first kappa shape index (κ1) is 21.5. The first-order valence-corrected chi connectivity index (χ1v) is 9.33. The Hall–Kier alpha value is -2.76. The van der Waals surface area contributed by atoms with E-state index in [0.29, 0.717) is 12.1 Å². The van der Waals surface area contributed by atoms with Gasteiger partial charge in [-0.3, -0.25) is 9.59 Å². The molecule has 0 aliphatic heterocycles. The maximum atomic E-state index is 14.0. The van der Waals surface area contributed by atoms with E-state index in [9.17, 15) is 18.4 Å². The fourth-order valence-corrected chi connectivity index (χ4v) is 2.73. The summed E-state index contributed by atoms with van der Waals surface area (Å²) in [6, 6.07) is 11.1. The number of nitrogens with one attached hydrogen (secondary N) is 1. The van der Waals surface area contributed by atoms with E-state index in [-0.39, 0.29) is 42.1 Å². The Morgan fingerprint density at radius 2 is 1.64 bits per heavy atom. The van der Waals surface area contributed by atoms with Crippen LogP contribution in [0.4, 0.5) is 8.78 Å².